The monoisotopic (exact) mass is 286 g/mol. The topological polar surface area (TPSA) is 31.4 Å². The van der Waals surface area contributed by atoms with Crippen molar-refractivity contribution in [3.63, 3.8) is 0 Å². The second-order valence-corrected chi connectivity index (χ2v) is 5.20. The van der Waals surface area contributed by atoms with Crippen LogP contribution in [-0.4, -0.2) is 32.2 Å². The van der Waals surface area contributed by atoms with Crippen molar-refractivity contribution in [3.8, 4) is 0 Å². The number of hydrogen-bond donors (Lipinski definition) is 1. The quantitative estimate of drug-likeness (QED) is 0.939. The number of benzene rings is 1. The summed E-state index contributed by atoms with van der Waals surface area (Å²) in [4.78, 5) is 8.42. The van der Waals surface area contributed by atoms with Crippen LogP contribution in [0.3, 0.4) is 0 Å². The average molecular weight is 286 g/mol. The van der Waals surface area contributed by atoms with Gasteiger partial charge < -0.3 is 15.1 Å². The Labute approximate surface area is 124 Å². The van der Waals surface area contributed by atoms with Crippen LogP contribution in [0.25, 0.3) is 0 Å². The van der Waals surface area contributed by atoms with Crippen molar-refractivity contribution in [1.29, 1.82) is 0 Å². The van der Waals surface area contributed by atoms with E-state index < -0.39 is 0 Å². The molecule has 0 saturated heterocycles. The number of halogens is 1. The number of hydrogen-bond acceptors (Lipinski definition) is 4. The van der Waals surface area contributed by atoms with E-state index in [0.29, 0.717) is 17.9 Å². The number of para-hydroxylation sites is 2. The van der Waals surface area contributed by atoms with E-state index in [0.717, 1.165) is 24.5 Å². The lowest BCUT2D eigenvalue weighted by atomic mass is 10.1. The van der Waals surface area contributed by atoms with Crippen molar-refractivity contribution in [1.82, 2.24) is 10.3 Å². The molecule has 1 aromatic heterocycles. The molecule has 1 aliphatic rings. The third kappa shape index (κ3) is 2.45. The van der Waals surface area contributed by atoms with Crippen LogP contribution in [-0.2, 0) is 6.54 Å². The molecule has 0 unspecified atom stereocenters. The number of likely N-dealkylation sites (N-methyl/N-ethyl adjacent to an activating group) is 1. The molecule has 1 aromatic carbocycles. The zero-order valence-electron chi connectivity index (χ0n) is 12.3. The molecule has 0 spiro atoms. The predicted molar refractivity (Wildman–Crippen MR) is 83.7 cm³/mol. The van der Waals surface area contributed by atoms with Crippen LogP contribution in [0.5, 0.6) is 0 Å². The van der Waals surface area contributed by atoms with E-state index in [1.165, 1.54) is 0 Å². The molecule has 0 bridgehead atoms. The van der Waals surface area contributed by atoms with Crippen LogP contribution in [0.4, 0.5) is 21.6 Å². The fourth-order valence-electron chi connectivity index (χ4n) is 2.71. The molecule has 0 radical (unpaired) electrons. The molecule has 0 atom stereocenters. The standard InChI is InChI=1S/C16H19FN4/c1-18-11-12-7-8-19-16(15(12)17)21-10-9-20(2)13-5-3-4-6-14(13)21/h3-8,18H,9-11H2,1-2H3. The van der Waals surface area contributed by atoms with Crippen molar-refractivity contribution < 1.29 is 4.39 Å². The van der Waals surface area contributed by atoms with Gasteiger partial charge >= 0.3 is 0 Å². The van der Waals surface area contributed by atoms with Gasteiger partial charge in [0.15, 0.2) is 11.6 Å². The lowest BCUT2D eigenvalue weighted by Crippen LogP contribution is -2.37. The number of pyridine rings is 1. The van der Waals surface area contributed by atoms with Crippen LogP contribution in [0.2, 0.25) is 0 Å². The fraction of sp³-hybridized carbons (Fsp3) is 0.312. The Morgan fingerprint density at radius 1 is 1.19 bits per heavy atom. The van der Waals surface area contributed by atoms with Gasteiger partial charge in [-0.25, -0.2) is 9.37 Å². The number of nitrogens with one attached hydrogen (secondary N) is 1. The molecule has 4 nitrogen and oxygen atoms in total. The second-order valence-electron chi connectivity index (χ2n) is 5.20. The smallest absolute Gasteiger partial charge is 0.170 e. The van der Waals surface area contributed by atoms with E-state index >= 15 is 0 Å². The van der Waals surface area contributed by atoms with Crippen LogP contribution in [0.1, 0.15) is 5.56 Å². The number of nitrogens with zero attached hydrogens (tertiary/aromatic N) is 3. The minimum absolute atomic E-state index is 0.244. The summed E-state index contributed by atoms with van der Waals surface area (Å²) in [6.45, 7) is 2.06. The predicted octanol–water partition coefficient (Wildman–Crippen LogP) is 2.53. The van der Waals surface area contributed by atoms with E-state index in [-0.39, 0.29) is 5.82 Å². The first-order valence-electron chi connectivity index (χ1n) is 7.08. The largest absolute Gasteiger partial charge is 0.371 e. The summed E-state index contributed by atoms with van der Waals surface area (Å²) in [7, 11) is 3.86. The molecule has 0 fully saturated rings. The van der Waals surface area contributed by atoms with Gasteiger partial charge in [-0.05, 0) is 25.2 Å². The fourth-order valence-corrected chi connectivity index (χ4v) is 2.71. The van der Waals surface area contributed by atoms with Gasteiger partial charge in [0.1, 0.15) is 0 Å². The summed E-state index contributed by atoms with van der Waals surface area (Å²) >= 11 is 0. The van der Waals surface area contributed by atoms with Gasteiger partial charge in [0, 0.05) is 38.4 Å². The van der Waals surface area contributed by atoms with Gasteiger partial charge in [-0.15, -0.1) is 0 Å². The Bertz CT molecular complexity index is 644. The van der Waals surface area contributed by atoms with Crippen LogP contribution >= 0.6 is 0 Å². The van der Waals surface area contributed by atoms with Gasteiger partial charge in [0.25, 0.3) is 0 Å². The summed E-state index contributed by atoms with van der Waals surface area (Å²) < 4.78 is 14.7. The van der Waals surface area contributed by atoms with Gasteiger partial charge in [-0.3, -0.25) is 0 Å². The summed E-state index contributed by atoms with van der Waals surface area (Å²) in [5.74, 6) is 0.162. The normalized spacial score (nSPS) is 14.2. The molecule has 110 valence electrons. The molecule has 0 aliphatic carbocycles. The number of anilines is 3. The molecule has 21 heavy (non-hydrogen) atoms. The Morgan fingerprint density at radius 2 is 1.95 bits per heavy atom. The summed E-state index contributed by atoms with van der Waals surface area (Å²) in [5.41, 5.74) is 2.74. The maximum atomic E-state index is 14.7. The third-order valence-electron chi connectivity index (χ3n) is 3.82. The number of aromatic nitrogens is 1. The Balaban J connectivity index is 2.06. The minimum Gasteiger partial charge on any atom is -0.371 e. The van der Waals surface area contributed by atoms with E-state index in [2.05, 4.69) is 28.3 Å². The molecule has 1 N–H and O–H groups in total. The second kappa shape index (κ2) is 5.69. The van der Waals surface area contributed by atoms with Gasteiger partial charge in [-0.1, -0.05) is 12.1 Å². The Morgan fingerprint density at radius 3 is 2.71 bits per heavy atom. The van der Waals surface area contributed by atoms with Gasteiger partial charge in [-0.2, -0.15) is 0 Å². The van der Waals surface area contributed by atoms with E-state index in [1.54, 1.807) is 12.3 Å². The maximum Gasteiger partial charge on any atom is 0.170 e. The molecule has 1 aliphatic heterocycles. The minimum atomic E-state index is -0.244. The Hall–Kier alpha value is -2.14. The lowest BCUT2D eigenvalue weighted by Gasteiger charge is -2.36. The van der Waals surface area contributed by atoms with Crippen molar-refractivity contribution in [2.75, 3.05) is 37.0 Å². The molecular weight excluding hydrogens is 267 g/mol. The Kier molecular flexibility index (Phi) is 3.75. The van der Waals surface area contributed by atoms with E-state index in [1.807, 2.05) is 30.1 Å². The first kappa shape index (κ1) is 13.8. The summed E-state index contributed by atoms with van der Waals surface area (Å²) in [6, 6.07) is 9.76. The first-order valence-corrected chi connectivity index (χ1v) is 7.08. The van der Waals surface area contributed by atoms with Crippen LogP contribution in [0.15, 0.2) is 36.5 Å². The lowest BCUT2D eigenvalue weighted by molar-refractivity contribution is 0.591. The third-order valence-corrected chi connectivity index (χ3v) is 3.82. The molecule has 2 heterocycles. The van der Waals surface area contributed by atoms with E-state index in [4.69, 9.17) is 0 Å². The highest BCUT2D eigenvalue weighted by molar-refractivity contribution is 5.78. The molecule has 3 rings (SSSR count). The highest BCUT2D eigenvalue weighted by Gasteiger charge is 2.24. The summed E-state index contributed by atoms with van der Waals surface area (Å²) in [5, 5.41) is 2.99. The SMILES string of the molecule is CNCc1ccnc(N2CCN(C)c3ccccc32)c1F. The van der Waals surface area contributed by atoms with Crippen molar-refractivity contribution in [3.05, 3.63) is 47.9 Å². The number of fused-ring (bicyclic) bond motifs is 1. The average Bonchev–Trinajstić information content (AvgIpc) is 2.51. The van der Waals surface area contributed by atoms with Crippen molar-refractivity contribution >= 4 is 17.2 Å². The highest BCUT2D eigenvalue weighted by Crippen LogP contribution is 2.37. The van der Waals surface area contributed by atoms with E-state index in [9.17, 15) is 4.39 Å². The number of rotatable bonds is 3. The van der Waals surface area contributed by atoms with Crippen molar-refractivity contribution in [2.45, 2.75) is 6.54 Å². The first-order chi connectivity index (χ1) is 10.2. The van der Waals surface area contributed by atoms with Crippen LogP contribution in [0, 0.1) is 5.82 Å². The molecular formula is C16H19FN4. The summed E-state index contributed by atoms with van der Waals surface area (Å²) in [6.07, 6.45) is 1.67. The highest BCUT2D eigenvalue weighted by atomic mass is 19.1. The molecule has 0 amide bonds. The van der Waals surface area contributed by atoms with Gasteiger partial charge in [0.2, 0.25) is 0 Å². The van der Waals surface area contributed by atoms with Crippen molar-refractivity contribution in [2.24, 2.45) is 0 Å². The zero-order chi connectivity index (χ0) is 14.8. The van der Waals surface area contributed by atoms with Gasteiger partial charge in [0.05, 0.1) is 11.4 Å². The molecule has 0 saturated carbocycles. The maximum absolute atomic E-state index is 14.7. The zero-order valence-corrected chi connectivity index (χ0v) is 12.3. The molecule has 5 heteroatoms. The molecule has 2 aromatic rings. The van der Waals surface area contributed by atoms with Crippen LogP contribution < -0.4 is 15.1 Å².